The number of hydrogen-bond donors (Lipinski definition) is 3. The third-order valence-corrected chi connectivity index (χ3v) is 8.67. The van der Waals surface area contributed by atoms with Gasteiger partial charge >= 0.3 is 36.7 Å². The zero-order chi connectivity index (χ0) is 40.8. The summed E-state index contributed by atoms with van der Waals surface area (Å²) in [5.41, 5.74) is 4.88. The number of benzene rings is 2. The number of nitrogens with one attached hydrogen (secondary N) is 1. The predicted octanol–water partition coefficient (Wildman–Crippen LogP) is 7.85. The summed E-state index contributed by atoms with van der Waals surface area (Å²) in [6, 6.07) is 25.7. The number of ether oxygens (including phenoxy) is 1. The molecule has 6 rings (SSSR count). The first-order valence-corrected chi connectivity index (χ1v) is 19.2. The number of methoxy groups -OCH3 is 1. The molecule has 0 aliphatic rings. The Hall–Kier alpha value is -2.41. The van der Waals surface area contributed by atoms with Crippen molar-refractivity contribution in [3.05, 3.63) is 176 Å². The van der Waals surface area contributed by atoms with Gasteiger partial charge in [0.1, 0.15) is 5.15 Å². The van der Waals surface area contributed by atoms with Crippen LogP contribution in [-0.2, 0) is 0 Å². The molecule has 10 nitrogen and oxygen atoms in total. The average Bonchev–Trinajstić information content (AvgIpc) is 3.16. The fourth-order valence-corrected chi connectivity index (χ4v) is 5.91. The molecular weight excluding hydrogens is 1060 g/mol. The van der Waals surface area contributed by atoms with E-state index < -0.39 is 7.12 Å². The molecule has 0 amide bonds. The normalized spacial score (nSPS) is 8.50. The van der Waals surface area contributed by atoms with Crippen LogP contribution in [-0.4, -0.2) is 50.9 Å². The predicted molar refractivity (Wildman–Crippen MR) is 265 cm³/mol. The molecule has 6 aromatic rings. The first-order chi connectivity index (χ1) is 25.6. The number of para-hydroxylation sites is 1. The van der Waals surface area contributed by atoms with Crippen molar-refractivity contribution in [1.82, 2.24) is 19.5 Å². The molecule has 0 aliphatic heterocycles. The Balaban J connectivity index is -0.000000149. The number of rotatable bonds is 3. The Bertz CT molecular complexity index is 2140. The molecule has 4 aromatic heterocycles. The fraction of sp³-hybridized carbons (Fsp3) is 0.256. The summed E-state index contributed by atoms with van der Waals surface area (Å²) in [5.74, 6) is 0.684. The van der Waals surface area contributed by atoms with Crippen LogP contribution in [0, 0.1) is 27.7 Å². The van der Waals surface area contributed by atoms with Crippen LogP contribution in [0.5, 0.6) is 5.88 Å². The Morgan fingerprint density at radius 1 is 0.683 bits per heavy atom. The molecule has 17 heteroatoms. The van der Waals surface area contributed by atoms with Crippen LogP contribution < -0.4 is 56.0 Å². The molecule has 0 fully saturated rings. The van der Waals surface area contributed by atoms with Crippen molar-refractivity contribution < 1.29 is 49.4 Å². The van der Waals surface area contributed by atoms with E-state index >= 15 is 0 Å². The van der Waals surface area contributed by atoms with Crippen molar-refractivity contribution in [2.45, 2.75) is 64.8 Å². The Kier molecular flexibility index (Phi) is 44.2. The third kappa shape index (κ3) is 26.8. The summed E-state index contributed by atoms with van der Waals surface area (Å²) < 4.78 is 10.4. The van der Waals surface area contributed by atoms with E-state index in [4.69, 9.17) is 31.5 Å². The molecule has 0 spiro atoms. The average molecular weight is 1120 g/mol. The van der Waals surface area contributed by atoms with Gasteiger partial charge in [-0.3, -0.25) is 14.2 Å². The van der Waals surface area contributed by atoms with Gasteiger partial charge in [-0.25, -0.2) is 9.97 Å². The van der Waals surface area contributed by atoms with Gasteiger partial charge in [0.25, 0.3) is 11.1 Å². The summed E-state index contributed by atoms with van der Waals surface area (Å²) >= 11 is 18.8. The molecule has 0 radical (unpaired) electrons. The van der Waals surface area contributed by atoms with E-state index in [9.17, 15) is 9.59 Å². The Labute approximate surface area is 419 Å². The van der Waals surface area contributed by atoms with E-state index in [-0.39, 0.29) is 77.8 Å². The second-order valence-electron chi connectivity index (χ2n) is 10.7. The molecule has 3 N–H and O–H groups in total. The zero-order valence-corrected chi connectivity index (χ0v) is 40.3. The van der Waals surface area contributed by atoms with Crippen LogP contribution in [0.4, 0.5) is 0 Å². The number of aryl methyl sites for hydroxylation is 4. The SMILES string of the molecule is C.C.C.C.C.COc1ncc(Br)cc1C.C[O-].Cc1cc(Br)c[nH]c1=O.Cc1cc(Br)cn(-c2ccccc2)c1=O.Cc1cc(Br)cnc1Cl.OB(O)c1ccccc1.[Na+]. The van der Waals surface area contributed by atoms with Gasteiger partial charge in [-0.2, -0.15) is 7.11 Å². The van der Waals surface area contributed by atoms with Gasteiger partial charge in [0.15, 0.2) is 0 Å². The summed E-state index contributed by atoms with van der Waals surface area (Å²) in [4.78, 5) is 33.0. The van der Waals surface area contributed by atoms with E-state index in [1.54, 1.807) is 73.7 Å². The van der Waals surface area contributed by atoms with E-state index in [0.717, 1.165) is 52.9 Å². The Morgan fingerprint density at radius 3 is 1.53 bits per heavy atom. The molecular formula is C43H59BBr4ClN4NaO6. The maximum Gasteiger partial charge on any atom is 1.00 e. The zero-order valence-electron chi connectivity index (χ0n) is 31.2. The van der Waals surface area contributed by atoms with Gasteiger partial charge in [0.05, 0.1) is 7.11 Å². The van der Waals surface area contributed by atoms with Gasteiger partial charge in [-0.1, -0.05) is 97.3 Å². The van der Waals surface area contributed by atoms with Crippen molar-refractivity contribution in [2.75, 3.05) is 14.2 Å². The van der Waals surface area contributed by atoms with Crippen molar-refractivity contribution >= 4 is 87.9 Å². The van der Waals surface area contributed by atoms with E-state index in [1.807, 2.05) is 75.4 Å². The van der Waals surface area contributed by atoms with E-state index in [2.05, 4.69) is 78.7 Å². The van der Waals surface area contributed by atoms with Crippen LogP contribution in [0.3, 0.4) is 0 Å². The summed E-state index contributed by atoms with van der Waals surface area (Å²) in [7, 11) is 1.02. The van der Waals surface area contributed by atoms with Crippen molar-refractivity contribution in [3.63, 3.8) is 0 Å². The van der Waals surface area contributed by atoms with Crippen LogP contribution in [0.15, 0.2) is 137 Å². The molecule has 60 heavy (non-hydrogen) atoms. The van der Waals surface area contributed by atoms with Crippen LogP contribution in [0.25, 0.3) is 5.69 Å². The van der Waals surface area contributed by atoms with Crippen LogP contribution in [0.2, 0.25) is 5.15 Å². The molecule has 4 heterocycles. The van der Waals surface area contributed by atoms with E-state index in [1.165, 1.54) is 0 Å². The second kappa shape index (κ2) is 38.3. The smallest absolute Gasteiger partial charge is 0.857 e. The number of nitrogens with zero attached hydrogens (tertiary/aromatic N) is 3. The molecule has 0 atom stereocenters. The maximum absolute atomic E-state index is 11.9. The maximum atomic E-state index is 11.9. The number of halogens is 5. The standard InChI is InChI=1S/C12H10BrNO.C7H8BrNO.C6H7BO2.C6H5BrClN.C6H6BrNO.CH3O.5CH4.Na/c1-9-7-10(13)8-14(12(9)15)11-5-3-2-4-6-11;1-5-3-6(8)4-9-7(5)10-2;8-7(9)6-4-2-1-3-5-6;1-4-2-5(7)3-9-6(4)8;1-4-2-5(7)3-8-6(4)9;1-2;;;;;;/h2-8H,1H3;3-4H,1-2H3;1-5,8-9H;2-3H,1H3;2-3H,1H3,(H,8,9);1H3;5*1H4;/q;;;;;-1;;;;;;+1. The van der Waals surface area contributed by atoms with Gasteiger partial charge in [-0.05, 0) is 139 Å². The quantitative estimate of drug-likeness (QED) is 0.120. The van der Waals surface area contributed by atoms with Gasteiger partial charge in [-0.15, -0.1) is 0 Å². The third-order valence-electron chi connectivity index (χ3n) is 6.52. The van der Waals surface area contributed by atoms with Crippen molar-refractivity contribution in [2.24, 2.45) is 0 Å². The monoisotopic (exact) mass is 1110 g/mol. The topological polar surface area (TPSA) is 153 Å². The molecule has 0 saturated carbocycles. The molecule has 326 valence electrons. The minimum absolute atomic E-state index is 0. The van der Waals surface area contributed by atoms with Gasteiger partial charge in [0, 0.05) is 65.1 Å². The minimum Gasteiger partial charge on any atom is -0.857 e. The number of aromatic nitrogens is 4. The van der Waals surface area contributed by atoms with E-state index in [0.29, 0.717) is 16.5 Å². The fourth-order valence-electron chi connectivity index (χ4n) is 3.91. The van der Waals surface area contributed by atoms with Gasteiger partial charge < -0.3 is 24.9 Å². The van der Waals surface area contributed by atoms with Crippen molar-refractivity contribution in [3.8, 4) is 11.6 Å². The minimum atomic E-state index is -1.34. The van der Waals surface area contributed by atoms with Gasteiger partial charge in [0.2, 0.25) is 5.88 Å². The first-order valence-electron chi connectivity index (χ1n) is 15.7. The summed E-state index contributed by atoms with van der Waals surface area (Å²) in [5, 5.41) is 26.0. The number of hydrogen-bond acceptors (Lipinski definition) is 8. The number of aromatic amines is 1. The number of pyridine rings is 4. The summed E-state index contributed by atoms with van der Waals surface area (Å²) in [6.07, 6.45) is 6.79. The van der Waals surface area contributed by atoms with Crippen molar-refractivity contribution in [1.29, 1.82) is 0 Å². The number of H-pyrrole nitrogens is 1. The molecule has 0 bridgehead atoms. The first kappa shape index (κ1) is 69.3. The summed E-state index contributed by atoms with van der Waals surface area (Å²) in [6.45, 7) is 7.45. The van der Waals surface area contributed by atoms with Crippen LogP contribution >= 0.6 is 75.3 Å². The molecule has 0 unspecified atom stereocenters. The largest absolute Gasteiger partial charge is 1.00 e. The molecule has 2 aromatic carbocycles. The van der Waals surface area contributed by atoms with Crippen LogP contribution in [0.1, 0.15) is 59.4 Å². The molecule has 0 saturated heterocycles. The molecule has 0 aliphatic carbocycles. The second-order valence-corrected chi connectivity index (χ2v) is 14.7. The Morgan fingerprint density at radius 2 is 1.13 bits per heavy atom.